The lowest BCUT2D eigenvalue weighted by Crippen LogP contribution is -2.11. The maximum atomic E-state index is 9.47. The van der Waals surface area contributed by atoms with E-state index in [9.17, 15) is 9.59 Å². The second kappa shape index (κ2) is 25.2. The van der Waals surface area contributed by atoms with Gasteiger partial charge in [-0.05, 0) is 12.2 Å². The summed E-state index contributed by atoms with van der Waals surface area (Å²) in [5.41, 5.74) is 9.07. The lowest BCUT2D eigenvalue weighted by atomic mass is 10.6. The summed E-state index contributed by atoms with van der Waals surface area (Å²) in [6.07, 6.45) is 2.11. The van der Waals surface area contributed by atoms with Crippen LogP contribution in [0, 0.1) is 0 Å². The van der Waals surface area contributed by atoms with Crippen LogP contribution in [0.1, 0.15) is 0 Å². The Morgan fingerprint density at radius 3 is 1.13 bits per heavy atom. The van der Waals surface area contributed by atoms with Crippen LogP contribution in [0.4, 0.5) is 0 Å². The zero-order valence-electron chi connectivity index (χ0n) is 13.3. The van der Waals surface area contributed by atoms with Crippen LogP contribution in [0.25, 0.3) is 0 Å². The molecule has 0 aliphatic heterocycles. The van der Waals surface area contributed by atoms with Crippen molar-refractivity contribution in [2.75, 3.05) is 52.9 Å². The van der Waals surface area contributed by atoms with E-state index in [-0.39, 0.29) is 13.2 Å². The van der Waals surface area contributed by atoms with Crippen molar-refractivity contribution >= 4 is 11.8 Å². The van der Waals surface area contributed by atoms with E-state index in [4.69, 9.17) is 24.4 Å². The quantitative estimate of drug-likeness (QED) is 0.245. The van der Waals surface area contributed by atoms with Crippen LogP contribution in [0.5, 0.6) is 0 Å². The molecule has 0 aromatic heterocycles. The Kier molecular flexibility index (Phi) is 28.6. The minimum Gasteiger partial charge on any atom is -0.394 e. The molecular weight excluding hydrogens is 308 g/mol. The second-order valence-corrected chi connectivity index (χ2v) is 3.50. The zero-order valence-corrected chi connectivity index (χ0v) is 13.3. The average molecular weight is 336 g/mol. The minimum absolute atomic E-state index is 0.0413. The third kappa shape index (κ3) is 45.0. The molecule has 0 atom stereocenters. The van der Waals surface area contributed by atoms with Gasteiger partial charge in [-0.25, -0.2) is 0 Å². The van der Waals surface area contributed by atoms with E-state index in [1.165, 1.54) is 0 Å². The molecule has 0 spiro atoms. The summed E-state index contributed by atoms with van der Waals surface area (Å²) in [6, 6.07) is 0. The van der Waals surface area contributed by atoms with Crippen LogP contribution < -0.4 is 11.5 Å². The molecule has 0 aliphatic carbocycles. The third-order valence-electron chi connectivity index (χ3n) is 1.62. The summed E-state index contributed by atoms with van der Waals surface area (Å²) in [7, 11) is 0. The Balaban J connectivity index is -0.000000329. The SMILES string of the molecule is C=CC(N)=O.C=CC(N)=O.OCCOCCOCCOCCO. The number of aliphatic hydroxyl groups is 2. The van der Waals surface area contributed by atoms with E-state index in [1.807, 2.05) is 0 Å². The minimum atomic E-state index is -0.481. The van der Waals surface area contributed by atoms with E-state index in [0.717, 1.165) is 12.2 Å². The van der Waals surface area contributed by atoms with Crippen molar-refractivity contribution in [2.24, 2.45) is 11.5 Å². The zero-order chi connectivity index (χ0) is 18.3. The molecule has 0 radical (unpaired) electrons. The molecule has 0 heterocycles. The molecule has 0 aromatic carbocycles. The van der Waals surface area contributed by atoms with E-state index >= 15 is 0 Å². The maximum absolute atomic E-state index is 9.47. The van der Waals surface area contributed by atoms with E-state index in [0.29, 0.717) is 39.6 Å². The van der Waals surface area contributed by atoms with Crippen LogP contribution in [0.15, 0.2) is 25.3 Å². The first-order chi connectivity index (χ1) is 11.0. The van der Waals surface area contributed by atoms with E-state index in [2.05, 4.69) is 24.6 Å². The summed E-state index contributed by atoms with van der Waals surface area (Å²) in [4.78, 5) is 18.9. The number of ether oxygens (including phenoxy) is 3. The lowest BCUT2D eigenvalue weighted by molar-refractivity contribution is -0.114. The molecular formula is C14H28N2O7. The van der Waals surface area contributed by atoms with Gasteiger partial charge in [0, 0.05) is 0 Å². The van der Waals surface area contributed by atoms with Crippen LogP contribution in [0.2, 0.25) is 0 Å². The van der Waals surface area contributed by atoms with Crippen molar-refractivity contribution in [3.05, 3.63) is 25.3 Å². The highest BCUT2D eigenvalue weighted by Gasteiger charge is 1.89. The number of amides is 2. The predicted octanol–water partition coefficient (Wildman–Crippen LogP) is -1.66. The number of hydrogen-bond donors (Lipinski definition) is 4. The van der Waals surface area contributed by atoms with Gasteiger partial charge in [0.1, 0.15) is 0 Å². The van der Waals surface area contributed by atoms with Gasteiger partial charge in [0.25, 0.3) is 0 Å². The molecule has 0 rings (SSSR count). The number of rotatable bonds is 12. The highest BCUT2D eigenvalue weighted by molar-refractivity contribution is 5.85. The van der Waals surface area contributed by atoms with Crippen molar-refractivity contribution < 1.29 is 34.0 Å². The standard InChI is InChI=1S/C8H18O5.2C3H5NO/c9-1-3-11-5-7-13-8-6-12-4-2-10;2*1-2-3(4)5/h9-10H,1-8H2;2*2H,1H2,(H2,4,5). The molecule has 0 saturated heterocycles. The molecule has 136 valence electrons. The topological polar surface area (TPSA) is 154 Å². The smallest absolute Gasteiger partial charge is 0.240 e. The average Bonchev–Trinajstić information content (AvgIpc) is 2.54. The summed E-state index contributed by atoms with van der Waals surface area (Å²) in [6.45, 7) is 8.94. The normalized spacial score (nSPS) is 8.78. The van der Waals surface area contributed by atoms with Crippen LogP contribution in [0.3, 0.4) is 0 Å². The molecule has 0 unspecified atom stereocenters. The predicted molar refractivity (Wildman–Crippen MR) is 85.4 cm³/mol. The van der Waals surface area contributed by atoms with Gasteiger partial charge >= 0.3 is 0 Å². The van der Waals surface area contributed by atoms with Crippen molar-refractivity contribution in [1.82, 2.24) is 0 Å². The number of hydrogen-bond acceptors (Lipinski definition) is 7. The third-order valence-corrected chi connectivity index (χ3v) is 1.62. The fourth-order valence-corrected chi connectivity index (χ4v) is 0.671. The van der Waals surface area contributed by atoms with Gasteiger partial charge in [0.2, 0.25) is 11.8 Å². The van der Waals surface area contributed by atoms with Crippen LogP contribution in [-0.4, -0.2) is 74.9 Å². The number of aliphatic hydroxyl groups excluding tert-OH is 2. The van der Waals surface area contributed by atoms with Gasteiger partial charge in [-0.3, -0.25) is 9.59 Å². The van der Waals surface area contributed by atoms with E-state index in [1.54, 1.807) is 0 Å². The van der Waals surface area contributed by atoms with Crippen molar-refractivity contribution in [2.45, 2.75) is 0 Å². The molecule has 9 nitrogen and oxygen atoms in total. The molecule has 6 N–H and O–H groups in total. The summed E-state index contributed by atoms with van der Waals surface area (Å²) >= 11 is 0. The van der Waals surface area contributed by atoms with Gasteiger partial charge in [0.05, 0.1) is 52.9 Å². The Labute approximate surface area is 136 Å². The Bertz CT molecular complexity index is 271. The van der Waals surface area contributed by atoms with Gasteiger partial charge in [-0.15, -0.1) is 0 Å². The first kappa shape index (κ1) is 26.1. The fraction of sp³-hybridized carbons (Fsp3) is 0.571. The second-order valence-electron chi connectivity index (χ2n) is 3.50. The van der Waals surface area contributed by atoms with E-state index < -0.39 is 11.8 Å². The molecule has 9 heteroatoms. The number of nitrogens with two attached hydrogens (primary N) is 2. The monoisotopic (exact) mass is 336 g/mol. The summed E-state index contributed by atoms with van der Waals surface area (Å²) in [5, 5.41) is 16.7. The van der Waals surface area contributed by atoms with Crippen LogP contribution >= 0.6 is 0 Å². The van der Waals surface area contributed by atoms with Crippen molar-refractivity contribution in [3.8, 4) is 0 Å². The maximum Gasteiger partial charge on any atom is 0.240 e. The molecule has 0 aromatic rings. The highest BCUT2D eigenvalue weighted by atomic mass is 16.5. The molecule has 23 heavy (non-hydrogen) atoms. The number of carbonyl (C=O) groups is 2. The van der Waals surface area contributed by atoms with Gasteiger partial charge in [-0.2, -0.15) is 0 Å². The molecule has 0 bridgehead atoms. The van der Waals surface area contributed by atoms with Gasteiger partial charge in [0.15, 0.2) is 0 Å². The Hall–Kier alpha value is -1.78. The van der Waals surface area contributed by atoms with Crippen LogP contribution in [-0.2, 0) is 23.8 Å². The van der Waals surface area contributed by atoms with Gasteiger partial charge in [-0.1, -0.05) is 13.2 Å². The summed E-state index contributed by atoms with van der Waals surface area (Å²) < 4.78 is 15.0. The highest BCUT2D eigenvalue weighted by Crippen LogP contribution is 1.80. The first-order valence-electron chi connectivity index (χ1n) is 6.74. The molecule has 0 fully saturated rings. The fourth-order valence-electron chi connectivity index (χ4n) is 0.671. The van der Waals surface area contributed by atoms with Crippen molar-refractivity contribution in [1.29, 1.82) is 0 Å². The number of carbonyl (C=O) groups excluding carboxylic acids is 2. The number of primary amides is 2. The first-order valence-corrected chi connectivity index (χ1v) is 6.74. The molecule has 2 amide bonds. The summed E-state index contributed by atoms with van der Waals surface area (Å²) in [5.74, 6) is -0.963. The molecule has 0 saturated carbocycles. The lowest BCUT2D eigenvalue weighted by Gasteiger charge is -2.04. The van der Waals surface area contributed by atoms with Crippen molar-refractivity contribution in [3.63, 3.8) is 0 Å². The Morgan fingerprint density at radius 1 is 0.739 bits per heavy atom. The van der Waals surface area contributed by atoms with Gasteiger partial charge < -0.3 is 35.9 Å². The molecule has 0 aliphatic rings. The largest absolute Gasteiger partial charge is 0.394 e. The Morgan fingerprint density at radius 2 is 0.957 bits per heavy atom.